The minimum Gasteiger partial charge on any atom is -0.368 e. The first-order valence-electron chi connectivity index (χ1n) is 8.20. The van der Waals surface area contributed by atoms with Crippen LogP contribution in [0.25, 0.3) is 0 Å². The Hall–Kier alpha value is -2.71. The zero-order valence-electron chi connectivity index (χ0n) is 14.4. The third kappa shape index (κ3) is 3.70. The van der Waals surface area contributed by atoms with Gasteiger partial charge < -0.3 is 20.1 Å². The minimum absolute atomic E-state index is 0.115. The van der Waals surface area contributed by atoms with Crippen molar-refractivity contribution >= 4 is 17.7 Å². The quantitative estimate of drug-likeness (QED) is 0.858. The fourth-order valence-corrected chi connectivity index (χ4v) is 3.17. The van der Waals surface area contributed by atoms with E-state index in [1.54, 1.807) is 36.0 Å². The summed E-state index contributed by atoms with van der Waals surface area (Å²) in [6.07, 6.45) is 6.53. The van der Waals surface area contributed by atoms with Crippen molar-refractivity contribution in [2.24, 2.45) is 5.73 Å². The Morgan fingerprint density at radius 3 is 2.96 bits per heavy atom. The van der Waals surface area contributed by atoms with Gasteiger partial charge in [-0.1, -0.05) is 0 Å². The maximum atomic E-state index is 13.8. The van der Waals surface area contributed by atoms with Crippen molar-refractivity contribution in [3.8, 4) is 0 Å². The number of hydrogen-bond donors (Lipinski definition) is 1. The van der Waals surface area contributed by atoms with Gasteiger partial charge in [-0.25, -0.2) is 14.4 Å². The molecule has 2 aromatic heterocycles. The monoisotopic (exact) mass is 347 g/mol. The highest BCUT2D eigenvalue weighted by Gasteiger charge is 2.27. The van der Waals surface area contributed by atoms with E-state index in [1.165, 1.54) is 6.20 Å². The first-order valence-corrected chi connectivity index (χ1v) is 8.20. The SMILES string of the molecule is CN(C)c1nc(N2CCC[C@H](c3nccn3CC(N)=O)C2)ncc1F. The third-order valence-electron chi connectivity index (χ3n) is 4.28. The van der Waals surface area contributed by atoms with E-state index >= 15 is 0 Å². The fraction of sp³-hybridized carbons (Fsp3) is 0.500. The number of halogens is 1. The number of nitrogens with two attached hydrogens (primary N) is 1. The molecule has 1 saturated heterocycles. The Bertz CT molecular complexity index is 761. The van der Waals surface area contributed by atoms with Crippen molar-refractivity contribution < 1.29 is 9.18 Å². The third-order valence-corrected chi connectivity index (χ3v) is 4.28. The van der Waals surface area contributed by atoms with E-state index in [4.69, 9.17) is 5.73 Å². The molecular formula is C16H22FN7O. The largest absolute Gasteiger partial charge is 0.368 e. The molecule has 0 aliphatic carbocycles. The van der Waals surface area contributed by atoms with Crippen LogP contribution in [-0.4, -0.2) is 52.6 Å². The fourth-order valence-electron chi connectivity index (χ4n) is 3.17. The Kier molecular flexibility index (Phi) is 4.82. The Balaban J connectivity index is 1.81. The van der Waals surface area contributed by atoms with E-state index in [-0.39, 0.29) is 18.3 Å². The summed E-state index contributed by atoms with van der Waals surface area (Å²) in [4.78, 5) is 27.8. The van der Waals surface area contributed by atoms with Crippen molar-refractivity contribution in [3.05, 3.63) is 30.2 Å². The number of hydrogen-bond acceptors (Lipinski definition) is 6. The van der Waals surface area contributed by atoms with Crippen LogP contribution in [0.2, 0.25) is 0 Å². The number of rotatable bonds is 5. The zero-order valence-corrected chi connectivity index (χ0v) is 14.4. The van der Waals surface area contributed by atoms with Crippen LogP contribution < -0.4 is 15.5 Å². The molecule has 134 valence electrons. The van der Waals surface area contributed by atoms with Crippen LogP contribution >= 0.6 is 0 Å². The molecule has 2 N–H and O–H groups in total. The number of imidazole rings is 1. The maximum Gasteiger partial charge on any atom is 0.237 e. The van der Waals surface area contributed by atoms with Crippen molar-refractivity contribution in [3.63, 3.8) is 0 Å². The van der Waals surface area contributed by atoms with Gasteiger partial charge in [-0.3, -0.25) is 4.79 Å². The molecule has 3 rings (SSSR count). The van der Waals surface area contributed by atoms with Gasteiger partial charge in [0.15, 0.2) is 11.6 Å². The summed E-state index contributed by atoms with van der Waals surface area (Å²) in [6, 6.07) is 0. The molecule has 1 aliphatic heterocycles. The summed E-state index contributed by atoms with van der Waals surface area (Å²) < 4.78 is 15.6. The van der Waals surface area contributed by atoms with Gasteiger partial charge in [0.05, 0.1) is 6.20 Å². The van der Waals surface area contributed by atoms with Crippen LogP contribution in [0.4, 0.5) is 16.2 Å². The first-order chi connectivity index (χ1) is 12.0. The van der Waals surface area contributed by atoms with E-state index in [0.29, 0.717) is 12.5 Å². The van der Waals surface area contributed by atoms with Crippen LogP contribution in [0.5, 0.6) is 0 Å². The molecule has 0 unspecified atom stereocenters. The van der Waals surface area contributed by atoms with Crippen molar-refractivity contribution in [1.82, 2.24) is 19.5 Å². The molecule has 2 aromatic rings. The highest BCUT2D eigenvalue weighted by atomic mass is 19.1. The molecule has 0 aromatic carbocycles. The van der Waals surface area contributed by atoms with Gasteiger partial charge in [-0.2, -0.15) is 4.98 Å². The number of primary amides is 1. The number of anilines is 2. The number of carbonyl (C=O) groups excluding carboxylic acids is 1. The normalized spacial score (nSPS) is 17.6. The molecule has 1 amide bonds. The van der Waals surface area contributed by atoms with Crippen LogP contribution in [0.3, 0.4) is 0 Å². The first kappa shape index (κ1) is 17.1. The molecule has 0 radical (unpaired) electrons. The Labute approximate surface area is 145 Å². The van der Waals surface area contributed by atoms with Gasteiger partial charge in [0, 0.05) is 45.5 Å². The molecule has 0 saturated carbocycles. The summed E-state index contributed by atoms with van der Waals surface area (Å²) in [5.74, 6) is 0.895. The highest BCUT2D eigenvalue weighted by Crippen LogP contribution is 2.28. The van der Waals surface area contributed by atoms with Gasteiger partial charge >= 0.3 is 0 Å². The predicted octanol–water partition coefficient (Wildman–Crippen LogP) is 0.747. The molecule has 8 nitrogen and oxygen atoms in total. The predicted molar refractivity (Wildman–Crippen MR) is 91.9 cm³/mol. The molecule has 25 heavy (non-hydrogen) atoms. The lowest BCUT2D eigenvalue weighted by Crippen LogP contribution is -2.37. The molecule has 0 spiro atoms. The second kappa shape index (κ2) is 7.04. The lowest BCUT2D eigenvalue weighted by Gasteiger charge is -2.33. The van der Waals surface area contributed by atoms with Gasteiger partial charge in [0.1, 0.15) is 12.4 Å². The lowest BCUT2D eigenvalue weighted by molar-refractivity contribution is -0.118. The summed E-state index contributed by atoms with van der Waals surface area (Å²) in [5, 5.41) is 0. The number of carbonyl (C=O) groups is 1. The van der Waals surface area contributed by atoms with Gasteiger partial charge in [-0.05, 0) is 12.8 Å². The van der Waals surface area contributed by atoms with Crippen molar-refractivity contribution in [2.75, 3.05) is 37.0 Å². The van der Waals surface area contributed by atoms with Gasteiger partial charge in [0.25, 0.3) is 0 Å². The van der Waals surface area contributed by atoms with Crippen LogP contribution in [-0.2, 0) is 11.3 Å². The minimum atomic E-state index is -0.445. The maximum absolute atomic E-state index is 13.8. The summed E-state index contributed by atoms with van der Waals surface area (Å²) in [6.45, 7) is 1.57. The zero-order chi connectivity index (χ0) is 18.0. The molecule has 9 heteroatoms. The Morgan fingerprint density at radius 2 is 2.24 bits per heavy atom. The summed E-state index contributed by atoms with van der Waals surface area (Å²) >= 11 is 0. The standard InChI is InChI=1S/C16H22FN7O/c1-22(2)15-12(17)8-20-16(21-15)24-6-3-4-11(9-24)14-19-5-7-23(14)10-13(18)25/h5,7-8,11H,3-4,6,9-10H2,1-2H3,(H2,18,25)/t11-/m0/s1. The van der Waals surface area contributed by atoms with E-state index in [9.17, 15) is 9.18 Å². The smallest absolute Gasteiger partial charge is 0.237 e. The molecule has 3 heterocycles. The van der Waals surface area contributed by atoms with Crippen molar-refractivity contribution in [2.45, 2.75) is 25.3 Å². The van der Waals surface area contributed by atoms with E-state index in [0.717, 1.165) is 25.2 Å². The Morgan fingerprint density at radius 1 is 1.44 bits per heavy atom. The summed E-state index contributed by atoms with van der Waals surface area (Å²) in [7, 11) is 3.49. The van der Waals surface area contributed by atoms with Gasteiger partial charge in [-0.15, -0.1) is 0 Å². The molecule has 1 fully saturated rings. The summed E-state index contributed by atoms with van der Waals surface area (Å²) in [5.41, 5.74) is 5.30. The van der Waals surface area contributed by atoms with Crippen LogP contribution in [0.15, 0.2) is 18.6 Å². The average molecular weight is 347 g/mol. The highest BCUT2D eigenvalue weighted by molar-refractivity contribution is 5.73. The number of piperidine rings is 1. The lowest BCUT2D eigenvalue weighted by atomic mass is 9.97. The van der Waals surface area contributed by atoms with E-state index in [1.807, 2.05) is 4.90 Å². The number of amides is 1. The number of nitrogens with zero attached hydrogens (tertiary/aromatic N) is 6. The second-order valence-electron chi connectivity index (χ2n) is 6.40. The van der Waals surface area contributed by atoms with E-state index in [2.05, 4.69) is 15.0 Å². The van der Waals surface area contributed by atoms with Gasteiger partial charge in [0.2, 0.25) is 11.9 Å². The second-order valence-corrected chi connectivity index (χ2v) is 6.40. The van der Waals surface area contributed by atoms with Crippen LogP contribution in [0, 0.1) is 5.82 Å². The molecule has 1 atom stereocenters. The number of aromatic nitrogens is 4. The topological polar surface area (TPSA) is 93.2 Å². The molecule has 1 aliphatic rings. The molecule has 0 bridgehead atoms. The average Bonchev–Trinajstić information content (AvgIpc) is 3.02. The van der Waals surface area contributed by atoms with Crippen molar-refractivity contribution in [1.29, 1.82) is 0 Å². The van der Waals surface area contributed by atoms with Crippen LogP contribution in [0.1, 0.15) is 24.6 Å². The van der Waals surface area contributed by atoms with E-state index < -0.39 is 11.7 Å². The molecular weight excluding hydrogens is 325 g/mol.